The molecule has 1 aromatic heterocycles. The van der Waals surface area contributed by atoms with Gasteiger partial charge < -0.3 is 5.32 Å². The Hall–Kier alpha value is -2.80. The van der Waals surface area contributed by atoms with Gasteiger partial charge in [0, 0.05) is 5.69 Å². The molecule has 0 spiro atoms. The molecule has 2 N–H and O–H groups in total. The number of nitrogens with zero attached hydrogens (tertiary/aromatic N) is 2. The Morgan fingerprint density at radius 3 is 2.46 bits per heavy atom. The van der Waals surface area contributed by atoms with Gasteiger partial charge >= 0.3 is 0 Å². The first-order valence-corrected chi connectivity index (χ1v) is 8.68. The summed E-state index contributed by atoms with van der Waals surface area (Å²) in [4.78, 5) is 12.6. The van der Waals surface area contributed by atoms with Crippen LogP contribution in [0.25, 0.3) is 5.69 Å². The first kappa shape index (κ1) is 18.0. The summed E-state index contributed by atoms with van der Waals surface area (Å²) in [7, 11) is 0. The number of rotatable bonds is 5. The van der Waals surface area contributed by atoms with E-state index in [2.05, 4.69) is 15.5 Å². The van der Waals surface area contributed by atoms with Gasteiger partial charge in [-0.2, -0.15) is 5.10 Å². The predicted molar refractivity (Wildman–Crippen MR) is 100 cm³/mol. The molecular formula is C19H19FN4OS. The lowest BCUT2D eigenvalue weighted by Crippen LogP contribution is -2.34. The van der Waals surface area contributed by atoms with Crippen LogP contribution in [0.3, 0.4) is 0 Å². The van der Waals surface area contributed by atoms with Gasteiger partial charge in [-0.15, -0.1) is 0 Å². The van der Waals surface area contributed by atoms with Gasteiger partial charge in [0.25, 0.3) is 5.91 Å². The molecule has 134 valence electrons. The van der Waals surface area contributed by atoms with E-state index in [-0.39, 0.29) is 11.5 Å². The second kappa shape index (κ2) is 7.61. The molecule has 0 aliphatic carbocycles. The Bertz CT molecular complexity index is 965. The van der Waals surface area contributed by atoms with Crippen LogP contribution >= 0.6 is 12.2 Å². The molecule has 0 unspecified atom stereocenters. The molecule has 0 saturated carbocycles. The third-order valence-electron chi connectivity index (χ3n) is 4.06. The number of hydrogen-bond donors (Lipinski definition) is 2. The highest BCUT2D eigenvalue weighted by Crippen LogP contribution is 2.24. The molecule has 0 aliphatic heterocycles. The lowest BCUT2D eigenvalue weighted by atomic mass is 10.0. The zero-order valence-electron chi connectivity index (χ0n) is 14.4. The topological polar surface area (TPSA) is 62.7 Å². The smallest absolute Gasteiger partial charge is 0.254 e. The molecule has 0 radical (unpaired) electrons. The Kier molecular flexibility index (Phi) is 5.27. The number of carbonyl (C=O) groups excluding carboxylic acids is 1. The highest BCUT2D eigenvalue weighted by atomic mass is 32.1. The van der Waals surface area contributed by atoms with E-state index >= 15 is 0 Å². The summed E-state index contributed by atoms with van der Waals surface area (Å²) < 4.78 is 16.1. The summed E-state index contributed by atoms with van der Waals surface area (Å²) in [6.07, 6.45) is 0. The van der Waals surface area contributed by atoms with Crippen molar-refractivity contribution in [2.45, 2.75) is 19.9 Å². The number of amides is 1. The second-order valence-corrected chi connectivity index (χ2v) is 6.62. The van der Waals surface area contributed by atoms with Crippen molar-refractivity contribution < 1.29 is 9.18 Å². The number of halogens is 1. The lowest BCUT2D eigenvalue weighted by Gasteiger charge is -2.22. The number of aromatic amines is 1. The van der Waals surface area contributed by atoms with Crippen molar-refractivity contribution >= 4 is 18.1 Å². The molecule has 3 rings (SSSR count). The van der Waals surface area contributed by atoms with E-state index in [9.17, 15) is 9.18 Å². The number of hydrogen-bond acceptors (Lipinski definition) is 3. The Balaban J connectivity index is 1.99. The number of benzene rings is 2. The fraction of sp³-hybridized carbons (Fsp3) is 0.211. The van der Waals surface area contributed by atoms with E-state index in [0.717, 1.165) is 5.69 Å². The molecule has 26 heavy (non-hydrogen) atoms. The van der Waals surface area contributed by atoms with Crippen LogP contribution in [0.15, 0.2) is 54.6 Å². The van der Waals surface area contributed by atoms with Gasteiger partial charge in [-0.25, -0.2) is 4.39 Å². The van der Waals surface area contributed by atoms with Gasteiger partial charge in [0.15, 0.2) is 10.6 Å². The average molecular weight is 370 g/mol. The van der Waals surface area contributed by atoms with Gasteiger partial charge in [-0.1, -0.05) is 44.2 Å². The third kappa shape index (κ3) is 3.57. The van der Waals surface area contributed by atoms with Gasteiger partial charge in [0.05, 0.1) is 11.6 Å². The molecule has 1 atom stereocenters. The zero-order valence-corrected chi connectivity index (χ0v) is 15.3. The van der Waals surface area contributed by atoms with Crippen molar-refractivity contribution in [3.63, 3.8) is 0 Å². The summed E-state index contributed by atoms with van der Waals surface area (Å²) in [5.41, 5.74) is 0.839. The molecule has 5 nitrogen and oxygen atoms in total. The summed E-state index contributed by atoms with van der Waals surface area (Å²) in [6.45, 7) is 3.92. The van der Waals surface area contributed by atoms with Crippen molar-refractivity contribution in [2.24, 2.45) is 5.92 Å². The number of nitrogens with one attached hydrogen (secondary N) is 2. The minimum Gasteiger partial charge on any atom is -0.342 e. The monoisotopic (exact) mass is 370 g/mol. The first-order valence-electron chi connectivity index (χ1n) is 8.27. The summed E-state index contributed by atoms with van der Waals surface area (Å²) in [5, 5.41) is 9.99. The molecule has 0 fully saturated rings. The normalized spacial score (nSPS) is 12.2. The maximum atomic E-state index is 13.9. The van der Waals surface area contributed by atoms with Gasteiger partial charge in [-0.05, 0) is 42.4 Å². The fourth-order valence-corrected chi connectivity index (χ4v) is 2.98. The van der Waals surface area contributed by atoms with Gasteiger partial charge in [-0.3, -0.25) is 14.5 Å². The lowest BCUT2D eigenvalue weighted by molar-refractivity contribution is 0.0918. The molecule has 2 aromatic carbocycles. The van der Waals surface area contributed by atoms with Gasteiger partial charge in [0.2, 0.25) is 0 Å². The molecule has 0 saturated heterocycles. The second-order valence-electron chi connectivity index (χ2n) is 6.23. The Labute approximate surface area is 155 Å². The largest absolute Gasteiger partial charge is 0.342 e. The van der Waals surface area contributed by atoms with Crippen LogP contribution in [-0.4, -0.2) is 20.7 Å². The van der Waals surface area contributed by atoms with Crippen LogP contribution < -0.4 is 5.32 Å². The molecule has 7 heteroatoms. The number of para-hydroxylation sites is 1. The van der Waals surface area contributed by atoms with E-state index < -0.39 is 17.8 Å². The minimum atomic E-state index is -0.561. The van der Waals surface area contributed by atoms with E-state index in [0.29, 0.717) is 10.6 Å². The summed E-state index contributed by atoms with van der Waals surface area (Å²) >= 11 is 5.36. The fourth-order valence-electron chi connectivity index (χ4n) is 2.74. The number of carbonyl (C=O) groups is 1. The van der Waals surface area contributed by atoms with Gasteiger partial charge in [0.1, 0.15) is 5.82 Å². The van der Waals surface area contributed by atoms with E-state index in [1.54, 1.807) is 16.7 Å². The van der Waals surface area contributed by atoms with Crippen molar-refractivity contribution in [1.29, 1.82) is 0 Å². The quantitative estimate of drug-likeness (QED) is 0.662. The molecule has 1 heterocycles. The summed E-state index contributed by atoms with van der Waals surface area (Å²) in [5.74, 6) is -0.468. The van der Waals surface area contributed by atoms with Crippen LogP contribution in [0.1, 0.15) is 36.1 Å². The SMILES string of the molecule is CC(C)[C@@H](NC(=O)c1ccccc1F)c1n[nH]c(=S)n1-c1ccccc1. The van der Waals surface area contributed by atoms with Crippen LogP contribution in [0, 0.1) is 16.5 Å². The highest BCUT2D eigenvalue weighted by Gasteiger charge is 2.26. The van der Waals surface area contributed by atoms with E-state index in [1.807, 2.05) is 44.2 Å². The molecule has 1 amide bonds. The molecule has 0 bridgehead atoms. The maximum Gasteiger partial charge on any atom is 0.254 e. The zero-order chi connectivity index (χ0) is 18.7. The van der Waals surface area contributed by atoms with E-state index in [1.165, 1.54) is 12.1 Å². The van der Waals surface area contributed by atoms with Crippen LogP contribution in [0.5, 0.6) is 0 Å². The van der Waals surface area contributed by atoms with Crippen molar-refractivity contribution in [1.82, 2.24) is 20.1 Å². The van der Waals surface area contributed by atoms with Crippen molar-refractivity contribution in [2.75, 3.05) is 0 Å². The summed E-state index contributed by atoms with van der Waals surface area (Å²) in [6, 6.07) is 15.0. The predicted octanol–water partition coefficient (Wildman–Crippen LogP) is 4.20. The third-order valence-corrected chi connectivity index (χ3v) is 4.34. The molecule has 0 aliphatic rings. The van der Waals surface area contributed by atoms with E-state index in [4.69, 9.17) is 12.2 Å². The Morgan fingerprint density at radius 1 is 1.15 bits per heavy atom. The van der Waals surface area contributed by atoms with Crippen molar-refractivity contribution in [3.05, 3.63) is 76.6 Å². The first-order chi connectivity index (χ1) is 12.5. The standard InChI is InChI=1S/C19H19FN4OS/c1-12(2)16(21-18(25)14-10-6-7-11-15(14)20)17-22-23-19(26)24(17)13-8-4-3-5-9-13/h3-12,16H,1-2H3,(H,21,25)(H,23,26)/t16-/m1/s1. The van der Waals surface area contributed by atoms with Crippen LogP contribution in [0.2, 0.25) is 0 Å². The van der Waals surface area contributed by atoms with Crippen LogP contribution in [0.4, 0.5) is 4.39 Å². The minimum absolute atomic E-state index is 0.00135. The number of aromatic nitrogens is 3. The van der Waals surface area contributed by atoms with Crippen LogP contribution in [-0.2, 0) is 0 Å². The maximum absolute atomic E-state index is 13.9. The highest BCUT2D eigenvalue weighted by molar-refractivity contribution is 7.71. The Morgan fingerprint density at radius 2 is 1.81 bits per heavy atom. The number of H-pyrrole nitrogens is 1. The molecular weight excluding hydrogens is 351 g/mol. The molecule has 3 aromatic rings. The average Bonchev–Trinajstić information content (AvgIpc) is 3.01. The van der Waals surface area contributed by atoms with Crippen molar-refractivity contribution in [3.8, 4) is 5.69 Å².